The van der Waals surface area contributed by atoms with Crippen molar-refractivity contribution in [2.24, 2.45) is 0 Å². The summed E-state index contributed by atoms with van der Waals surface area (Å²) in [6.45, 7) is 0. The zero-order chi connectivity index (χ0) is 17.0. The number of carbonyl (C=O) groups is 1. The monoisotopic (exact) mass is 359 g/mol. The fourth-order valence-electron chi connectivity index (χ4n) is 1.71. The number of anilines is 1. The standard InChI is InChI=1S/C16H10Cl2F3NO/c17-13-6-1-10(9-14(13)18)15(23)7-8-22-12-4-2-11(3-5-12)16(19,20)21/h1-9,22H/b8-7-. The van der Waals surface area contributed by atoms with Crippen molar-refractivity contribution in [2.75, 3.05) is 5.32 Å². The van der Waals surface area contributed by atoms with E-state index >= 15 is 0 Å². The molecule has 0 spiro atoms. The molecule has 0 fully saturated rings. The lowest BCUT2D eigenvalue weighted by atomic mass is 10.1. The summed E-state index contributed by atoms with van der Waals surface area (Å²) < 4.78 is 37.3. The van der Waals surface area contributed by atoms with E-state index in [9.17, 15) is 18.0 Å². The predicted molar refractivity (Wildman–Crippen MR) is 85.0 cm³/mol. The molecule has 0 aliphatic rings. The first-order valence-corrected chi connectivity index (χ1v) is 7.13. The molecule has 0 unspecified atom stereocenters. The minimum absolute atomic E-state index is 0.265. The Morgan fingerprint density at radius 3 is 2.22 bits per heavy atom. The van der Waals surface area contributed by atoms with Gasteiger partial charge in [-0.05, 0) is 42.5 Å². The minimum atomic E-state index is -4.38. The molecule has 23 heavy (non-hydrogen) atoms. The molecule has 2 nitrogen and oxygen atoms in total. The maximum atomic E-state index is 12.4. The van der Waals surface area contributed by atoms with Gasteiger partial charge in [0.2, 0.25) is 0 Å². The molecule has 0 aromatic heterocycles. The van der Waals surface area contributed by atoms with Crippen molar-refractivity contribution in [2.45, 2.75) is 6.18 Å². The smallest absolute Gasteiger partial charge is 0.362 e. The van der Waals surface area contributed by atoms with Gasteiger partial charge < -0.3 is 5.32 Å². The van der Waals surface area contributed by atoms with E-state index in [2.05, 4.69) is 5.32 Å². The summed E-state index contributed by atoms with van der Waals surface area (Å²) in [5.41, 5.74) is 0.0416. The number of ketones is 1. The Morgan fingerprint density at radius 1 is 1.00 bits per heavy atom. The molecule has 1 N–H and O–H groups in total. The second-order valence-corrected chi connectivity index (χ2v) is 5.36. The molecule has 0 aliphatic carbocycles. The first-order chi connectivity index (χ1) is 10.8. The highest BCUT2D eigenvalue weighted by molar-refractivity contribution is 6.42. The van der Waals surface area contributed by atoms with Gasteiger partial charge in [0.15, 0.2) is 5.78 Å². The highest BCUT2D eigenvalue weighted by Gasteiger charge is 2.29. The van der Waals surface area contributed by atoms with Crippen LogP contribution < -0.4 is 5.32 Å². The Bertz CT molecular complexity index is 740. The first kappa shape index (κ1) is 17.4. The Hall–Kier alpha value is -1.98. The van der Waals surface area contributed by atoms with Crippen LogP contribution in [-0.2, 0) is 6.18 Å². The molecule has 0 aliphatic heterocycles. The molecular weight excluding hydrogens is 350 g/mol. The average Bonchev–Trinajstić information content (AvgIpc) is 2.49. The molecule has 0 atom stereocenters. The Morgan fingerprint density at radius 2 is 1.65 bits per heavy atom. The summed E-state index contributed by atoms with van der Waals surface area (Å²) in [7, 11) is 0. The second-order valence-electron chi connectivity index (χ2n) is 4.55. The van der Waals surface area contributed by atoms with Crippen molar-refractivity contribution in [1.82, 2.24) is 0 Å². The number of rotatable bonds is 4. The van der Waals surface area contributed by atoms with E-state index in [1.54, 1.807) is 0 Å². The van der Waals surface area contributed by atoms with Crippen LogP contribution in [-0.4, -0.2) is 5.78 Å². The molecule has 0 radical (unpaired) electrons. The highest BCUT2D eigenvalue weighted by Crippen LogP contribution is 2.29. The van der Waals surface area contributed by atoms with Crippen molar-refractivity contribution in [3.63, 3.8) is 0 Å². The van der Waals surface area contributed by atoms with Crippen molar-refractivity contribution in [3.8, 4) is 0 Å². The average molecular weight is 360 g/mol. The van der Waals surface area contributed by atoms with E-state index in [4.69, 9.17) is 23.2 Å². The van der Waals surface area contributed by atoms with Crippen molar-refractivity contribution >= 4 is 34.7 Å². The SMILES string of the molecule is O=C(/C=C\Nc1ccc(C(F)(F)F)cc1)c1ccc(Cl)c(Cl)c1. The Labute approximate surface area is 140 Å². The fraction of sp³-hybridized carbons (Fsp3) is 0.0625. The number of carbonyl (C=O) groups excluding carboxylic acids is 1. The number of hydrogen-bond donors (Lipinski definition) is 1. The van der Waals surface area contributed by atoms with Crippen LogP contribution in [0.1, 0.15) is 15.9 Å². The summed E-state index contributed by atoms with van der Waals surface area (Å²) >= 11 is 11.6. The molecule has 2 aromatic carbocycles. The van der Waals surface area contributed by atoms with Gasteiger partial charge in [-0.25, -0.2) is 0 Å². The van der Waals surface area contributed by atoms with Crippen LogP contribution in [0.3, 0.4) is 0 Å². The Balaban J connectivity index is 2.01. The quantitative estimate of drug-likeness (QED) is 0.550. The van der Waals surface area contributed by atoms with Crippen LogP contribution in [0.4, 0.5) is 18.9 Å². The number of allylic oxidation sites excluding steroid dienone is 1. The van der Waals surface area contributed by atoms with E-state index < -0.39 is 11.7 Å². The van der Waals surface area contributed by atoms with Crippen molar-refractivity contribution < 1.29 is 18.0 Å². The number of alkyl halides is 3. The van der Waals surface area contributed by atoms with Gasteiger partial charge in [0, 0.05) is 23.5 Å². The summed E-state index contributed by atoms with van der Waals surface area (Å²) in [5.74, 6) is -0.317. The van der Waals surface area contributed by atoms with Crippen LogP contribution in [0.15, 0.2) is 54.7 Å². The summed E-state index contributed by atoms with van der Waals surface area (Å²) in [6.07, 6.45) is -1.79. The summed E-state index contributed by atoms with van der Waals surface area (Å²) in [6, 6.07) is 8.93. The minimum Gasteiger partial charge on any atom is -0.362 e. The Kier molecular flexibility index (Phi) is 5.34. The number of hydrogen-bond acceptors (Lipinski definition) is 2. The number of halogens is 5. The third kappa shape index (κ3) is 4.74. The van der Waals surface area contributed by atoms with Crippen LogP contribution in [0.2, 0.25) is 10.0 Å². The number of benzene rings is 2. The van der Waals surface area contributed by atoms with Crippen LogP contribution in [0.5, 0.6) is 0 Å². The van der Waals surface area contributed by atoms with E-state index in [1.165, 1.54) is 42.6 Å². The zero-order valence-corrected chi connectivity index (χ0v) is 13.0. The molecule has 0 bridgehead atoms. The fourth-order valence-corrected chi connectivity index (χ4v) is 2.01. The lowest BCUT2D eigenvalue weighted by molar-refractivity contribution is -0.137. The third-order valence-electron chi connectivity index (χ3n) is 2.90. The lowest BCUT2D eigenvalue weighted by Gasteiger charge is -2.07. The van der Waals surface area contributed by atoms with Gasteiger partial charge in [-0.15, -0.1) is 0 Å². The van der Waals surface area contributed by atoms with Crippen LogP contribution >= 0.6 is 23.2 Å². The molecule has 7 heteroatoms. The second kappa shape index (κ2) is 7.06. The van der Waals surface area contributed by atoms with Gasteiger partial charge in [-0.1, -0.05) is 23.2 Å². The maximum absolute atomic E-state index is 12.4. The van der Waals surface area contributed by atoms with Gasteiger partial charge >= 0.3 is 6.18 Å². The maximum Gasteiger partial charge on any atom is 0.416 e. The molecule has 0 saturated heterocycles. The van der Waals surface area contributed by atoms with Crippen LogP contribution in [0, 0.1) is 0 Å². The zero-order valence-electron chi connectivity index (χ0n) is 11.5. The highest BCUT2D eigenvalue weighted by atomic mass is 35.5. The third-order valence-corrected chi connectivity index (χ3v) is 3.64. The molecule has 0 amide bonds. The first-order valence-electron chi connectivity index (χ1n) is 6.37. The summed E-state index contributed by atoms with van der Waals surface area (Å²) in [5, 5.41) is 3.33. The van der Waals surface area contributed by atoms with Gasteiger partial charge in [-0.2, -0.15) is 13.2 Å². The topological polar surface area (TPSA) is 29.1 Å². The molecular formula is C16H10Cl2F3NO. The van der Waals surface area contributed by atoms with E-state index in [1.807, 2.05) is 0 Å². The molecule has 0 saturated carbocycles. The molecule has 2 rings (SSSR count). The lowest BCUT2D eigenvalue weighted by Crippen LogP contribution is -2.04. The molecule has 0 heterocycles. The van der Waals surface area contributed by atoms with E-state index in [0.29, 0.717) is 16.3 Å². The van der Waals surface area contributed by atoms with Gasteiger partial charge in [0.1, 0.15) is 0 Å². The normalized spacial score (nSPS) is 11.7. The van der Waals surface area contributed by atoms with E-state index in [0.717, 1.165) is 12.1 Å². The summed E-state index contributed by atoms with van der Waals surface area (Å²) in [4.78, 5) is 11.9. The predicted octanol–water partition coefficient (Wildman–Crippen LogP) is 5.82. The van der Waals surface area contributed by atoms with Crippen LogP contribution in [0.25, 0.3) is 0 Å². The van der Waals surface area contributed by atoms with Gasteiger partial charge in [0.05, 0.1) is 15.6 Å². The van der Waals surface area contributed by atoms with Gasteiger partial charge in [0.25, 0.3) is 0 Å². The van der Waals surface area contributed by atoms with Crippen molar-refractivity contribution in [1.29, 1.82) is 0 Å². The number of nitrogens with one attached hydrogen (secondary N) is 1. The molecule has 2 aromatic rings. The molecule has 120 valence electrons. The van der Waals surface area contributed by atoms with Crippen molar-refractivity contribution in [3.05, 3.63) is 75.9 Å². The largest absolute Gasteiger partial charge is 0.416 e. The van der Waals surface area contributed by atoms with E-state index in [-0.39, 0.29) is 10.8 Å². The van der Waals surface area contributed by atoms with Gasteiger partial charge in [-0.3, -0.25) is 4.79 Å².